The Labute approximate surface area is 147 Å². The summed E-state index contributed by atoms with van der Waals surface area (Å²) in [5.41, 5.74) is 3.46. The molecule has 5 heteroatoms. The normalized spacial score (nSPS) is 10.3. The van der Waals surface area contributed by atoms with E-state index in [1.165, 1.54) is 5.56 Å². The standard InChI is InChI=1S/C20H20N4O/c1-24(15-16-7-3-2-4-8-16)19-11-17(12-21-14-19)20(25)23-13-18-9-5-6-10-22-18/h2-12,14H,13,15H2,1H3,(H,23,25). The van der Waals surface area contributed by atoms with Crippen LogP contribution in [0.1, 0.15) is 21.6 Å². The minimum atomic E-state index is -0.159. The number of hydrogen-bond donors (Lipinski definition) is 1. The van der Waals surface area contributed by atoms with Crippen molar-refractivity contribution in [3.63, 3.8) is 0 Å². The zero-order valence-electron chi connectivity index (χ0n) is 14.1. The van der Waals surface area contributed by atoms with Gasteiger partial charge in [-0.2, -0.15) is 0 Å². The molecule has 0 saturated carbocycles. The molecular formula is C20H20N4O. The van der Waals surface area contributed by atoms with Gasteiger partial charge >= 0.3 is 0 Å². The second kappa shape index (κ2) is 8.06. The van der Waals surface area contributed by atoms with E-state index in [1.54, 1.807) is 18.6 Å². The summed E-state index contributed by atoms with van der Waals surface area (Å²) in [4.78, 5) is 22.8. The molecule has 0 atom stereocenters. The van der Waals surface area contributed by atoms with Crippen LogP contribution in [-0.4, -0.2) is 22.9 Å². The molecule has 0 spiro atoms. The summed E-state index contributed by atoms with van der Waals surface area (Å²) in [7, 11) is 1.99. The van der Waals surface area contributed by atoms with Crippen molar-refractivity contribution in [1.29, 1.82) is 0 Å². The summed E-state index contributed by atoms with van der Waals surface area (Å²) >= 11 is 0. The molecule has 2 heterocycles. The number of benzene rings is 1. The quantitative estimate of drug-likeness (QED) is 0.754. The average Bonchev–Trinajstić information content (AvgIpc) is 2.68. The Balaban J connectivity index is 1.65. The van der Waals surface area contributed by atoms with Gasteiger partial charge in [-0.1, -0.05) is 36.4 Å². The number of carbonyl (C=O) groups is 1. The molecule has 0 saturated heterocycles. The molecule has 0 aliphatic carbocycles. The van der Waals surface area contributed by atoms with Crippen molar-refractivity contribution in [3.05, 3.63) is 90.0 Å². The lowest BCUT2D eigenvalue weighted by atomic mass is 10.2. The van der Waals surface area contributed by atoms with Gasteiger partial charge in [0.25, 0.3) is 5.91 Å². The molecule has 0 aliphatic rings. The molecule has 1 aromatic carbocycles. The lowest BCUT2D eigenvalue weighted by Gasteiger charge is -2.19. The molecule has 0 aliphatic heterocycles. The van der Waals surface area contributed by atoms with E-state index in [0.717, 1.165) is 17.9 Å². The number of amides is 1. The molecule has 3 aromatic rings. The van der Waals surface area contributed by atoms with Gasteiger partial charge in [0, 0.05) is 26.0 Å². The van der Waals surface area contributed by atoms with E-state index in [0.29, 0.717) is 12.1 Å². The van der Waals surface area contributed by atoms with Crippen LogP contribution in [-0.2, 0) is 13.1 Å². The highest BCUT2D eigenvalue weighted by molar-refractivity contribution is 5.94. The monoisotopic (exact) mass is 332 g/mol. The number of anilines is 1. The van der Waals surface area contributed by atoms with Gasteiger partial charge in [-0.25, -0.2) is 0 Å². The lowest BCUT2D eigenvalue weighted by molar-refractivity contribution is 0.0950. The molecule has 3 rings (SSSR count). The molecule has 0 bridgehead atoms. The van der Waals surface area contributed by atoms with Gasteiger partial charge in [-0.3, -0.25) is 14.8 Å². The third-order valence-corrected chi connectivity index (χ3v) is 3.85. The van der Waals surface area contributed by atoms with Gasteiger partial charge in [0.2, 0.25) is 0 Å². The molecule has 0 fully saturated rings. The van der Waals surface area contributed by atoms with Crippen molar-refractivity contribution >= 4 is 11.6 Å². The van der Waals surface area contributed by atoms with Crippen LogP contribution in [0.2, 0.25) is 0 Å². The number of hydrogen-bond acceptors (Lipinski definition) is 4. The maximum atomic E-state index is 12.4. The van der Waals surface area contributed by atoms with Crippen LogP contribution in [0.25, 0.3) is 0 Å². The van der Waals surface area contributed by atoms with Crippen LogP contribution in [0.4, 0.5) is 5.69 Å². The molecule has 1 amide bonds. The lowest BCUT2D eigenvalue weighted by Crippen LogP contribution is -2.24. The molecule has 25 heavy (non-hydrogen) atoms. The summed E-state index contributed by atoms with van der Waals surface area (Å²) in [6.07, 6.45) is 5.05. The van der Waals surface area contributed by atoms with Crippen molar-refractivity contribution in [2.45, 2.75) is 13.1 Å². The number of nitrogens with zero attached hydrogens (tertiary/aromatic N) is 3. The summed E-state index contributed by atoms with van der Waals surface area (Å²) in [6.45, 7) is 1.14. The van der Waals surface area contributed by atoms with Crippen molar-refractivity contribution in [2.24, 2.45) is 0 Å². The Bertz CT molecular complexity index is 821. The third kappa shape index (κ3) is 4.64. The van der Waals surface area contributed by atoms with Gasteiger partial charge < -0.3 is 10.2 Å². The first-order chi connectivity index (χ1) is 12.2. The molecule has 2 aromatic heterocycles. The number of pyridine rings is 2. The highest BCUT2D eigenvalue weighted by atomic mass is 16.1. The van der Waals surface area contributed by atoms with Crippen LogP contribution in [0.15, 0.2) is 73.2 Å². The maximum Gasteiger partial charge on any atom is 0.253 e. The summed E-state index contributed by atoms with van der Waals surface area (Å²) in [5.74, 6) is -0.159. The number of carbonyl (C=O) groups excluding carboxylic acids is 1. The van der Waals surface area contributed by atoms with Gasteiger partial charge in [-0.05, 0) is 23.8 Å². The minimum absolute atomic E-state index is 0.159. The zero-order valence-corrected chi connectivity index (χ0v) is 14.1. The summed E-state index contributed by atoms with van der Waals surface area (Å²) in [6, 6.07) is 17.7. The van der Waals surface area contributed by atoms with E-state index >= 15 is 0 Å². The van der Waals surface area contributed by atoms with E-state index in [9.17, 15) is 4.79 Å². The predicted octanol–water partition coefficient (Wildman–Crippen LogP) is 3.04. The van der Waals surface area contributed by atoms with E-state index in [4.69, 9.17) is 0 Å². The van der Waals surface area contributed by atoms with Gasteiger partial charge in [0.1, 0.15) is 0 Å². The van der Waals surface area contributed by atoms with E-state index in [2.05, 4.69) is 32.3 Å². The average molecular weight is 332 g/mol. The highest BCUT2D eigenvalue weighted by Gasteiger charge is 2.09. The molecule has 1 N–H and O–H groups in total. The van der Waals surface area contributed by atoms with Gasteiger partial charge in [0.15, 0.2) is 0 Å². The number of aromatic nitrogens is 2. The molecular weight excluding hydrogens is 312 g/mol. The Morgan fingerprint density at radius 2 is 1.88 bits per heavy atom. The largest absolute Gasteiger partial charge is 0.369 e. The van der Waals surface area contributed by atoms with Crippen molar-refractivity contribution < 1.29 is 4.79 Å². The number of rotatable bonds is 6. The highest BCUT2D eigenvalue weighted by Crippen LogP contribution is 2.16. The predicted molar refractivity (Wildman–Crippen MR) is 98.2 cm³/mol. The Hall–Kier alpha value is -3.21. The smallest absolute Gasteiger partial charge is 0.253 e. The van der Waals surface area contributed by atoms with E-state index in [-0.39, 0.29) is 5.91 Å². The minimum Gasteiger partial charge on any atom is -0.369 e. The van der Waals surface area contributed by atoms with E-state index < -0.39 is 0 Å². The molecule has 5 nitrogen and oxygen atoms in total. The van der Waals surface area contributed by atoms with Crippen LogP contribution in [0.5, 0.6) is 0 Å². The van der Waals surface area contributed by atoms with Crippen molar-refractivity contribution in [3.8, 4) is 0 Å². The SMILES string of the molecule is CN(Cc1ccccc1)c1cncc(C(=O)NCc2ccccn2)c1. The van der Waals surface area contributed by atoms with Crippen molar-refractivity contribution in [2.75, 3.05) is 11.9 Å². The number of nitrogens with one attached hydrogen (secondary N) is 1. The zero-order chi connectivity index (χ0) is 17.5. The van der Waals surface area contributed by atoms with Crippen LogP contribution >= 0.6 is 0 Å². The second-order valence-electron chi connectivity index (χ2n) is 5.78. The van der Waals surface area contributed by atoms with Gasteiger partial charge in [0.05, 0.1) is 29.7 Å². The summed E-state index contributed by atoms with van der Waals surface area (Å²) < 4.78 is 0. The third-order valence-electron chi connectivity index (χ3n) is 3.85. The summed E-state index contributed by atoms with van der Waals surface area (Å²) in [5, 5.41) is 2.87. The van der Waals surface area contributed by atoms with Crippen LogP contribution < -0.4 is 10.2 Å². The van der Waals surface area contributed by atoms with Gasteiger partial charge in [-0.15, -0.1) is 0 Å². The fraction of sp³-hybridized carbons (Fsp3) is 0.150. The Morgan fingerprint density at radius 3 is 2.64 bits per heavy atom. The molecule has 0 radical (unpaired) electrons. The Kier molecular flexibility index (Phi) is 5.36. The Morgan fingerprint density at radius 1 is 1.08 bits per heavy atom. The molecule has 126 valence electrons. The fourth-order valence-electron chi connectivity index (χ4n) is 2.48. The molecule has 0 unspecified atom stereocenters. The van der Waals surface area contributed by atoms with Crippen LogP contribution in [0.3, 0.4) is 0 Å². The topological polar surface area (TPSA) is 58.1 Å². The van der Waals surface area contributed by atoms with E-state index in [1.807, 2.05) is 49.5 Å². The van der Waals surface area contributed by atoms with Crippen molar-refractivity contribution in [1.82, 2.24) is 15.3 Å². The second-order valence-corrected chi connectivity index (χ2v) is 5.78. The fourth-order valence-corrected chi connectivity index (χ4v) is 2.48. The first-order valence-corrected chi connectivity index (χ1v) is 8.10. The van der Waals surface area contributed by atoms with Crippen LogP contribution in [0, 0.1) is 0 Å². The first-order valence-electron chi connectivity index (χ1n) is 8.10. The maximum absolute atomic E-state index is 12.4. The first kappa shape index (κ1) is 16.6.